The molecule has 0 aromatic carbocycles. The predicted molar refractivity (Wildman–Crippen MR) is 64.0 cm³/mol. The van der Waals surface area contributed by atoms with Gasteiger partial charge in [-0.1, -0.05) is 13.8 Å². The molecule has 0 aliphatic carbocycles. The van der Waals surface area contributed by atoms with Crippen molar-refractivity contribution in [3.63, 3.8) is 0 Å². The molecule has 0 atom stereocenters. The minimum Gasteiger partial charge on any atom is -0.396 e. The molecule has 1 aliphatic heterocycles. The number of aliphatic hydroxyl groups is 1. The van der Waals surface area contributed by atoms with Crippen LogP contribution in [0.3, 0.4) is 0 Å². The Bertz CT molecular complexity index is 154. The van der Waals surface area contributed by atoms with Crippen molar-refractivity contribution in [2.75, 3.05) is 45.9 Å². The van der Waals surface area contributed by atoms with Gasteiger partial charge in [0.25, 0.3) is 0 Å². The van der Waals surface area contributed by atoms with Crippen LogP contribution in [0, 0.1) is 5.92 Å². The van der Waals surface area contributed by atoms with E-state index in [2.05, 4.69) is 23.6 Å². The fourth-order valence-corrected chi connectivity index (χ4v) is 2.16. The molecule has 0 aromatic heterocycles. The first-order valence-electron chi connectivity index (χ1n) is 6.28. The molecule has 1 fully saturated rings. The van der Waals surface area contributed by atoms with E-state index >= 15 is 0 Å². The smallest absolute Gasteiger partial charge is 0.0431 e. The first-order valence-corrected chi connectivity index (χ1v) is 6.28. The molecule has 1 aliphatic rings. The molecule has 1 heterocycles. The van der Waals surface area contributed by atoms with E-state index in [0.717, 1.165) is 25.3 Å². The van der Waals surface area contributed by atoms with Gasteiger partial charge in [-0.15, -0.1) is 0 Å². The molecule has 15 heavy (non-hydrogen) atoms. The standard InChI is InChI=1S/C12H26N2O/c1-12(2)11-14-8-6-13(7-9-14)5-3-4-10-15/h12,15H,3-11H2,1-2H3. The zero-order valence-corrected chi connectivity index (χ0v) is 10.3. The number of unbranched alkanes of at least 4 members (excludes halogenated alkanes) is 1. The van der Waals surface area contributed by atoms with Gasteiger partial charge in [0.1, 0.15) is 0 Å². The van der Waals surface area contributed by atoms with Crippen molar-refractivity contribution in [1.82, 2.24) is 9.80 Å². The molecule has 1 rings (SSSR count). The van der Waals surface area contributed by atoms with Gasteiger partial charge in [-0.3, -0.25) is 0 Å². The van der Waals surface area contributed by atoms with Gasteiger partial charge >= 0.3 is 0 Å². The van der Waals surface area contributed by atoms with E-state index < -0.39 is 0 Å². The van der Waals surface area contributed by atoms with Gasteiger partial charge in [0.05, 0.1) is 0 Å². The lowest BCUT2D eigenvalue weighted by atomic mass is 10.2. The third-order valence-electron chi connectivity index (χ3n) is 2.97. The Morgan fingerprint density at radius 2 is 1.60 bits per heavy atom. The van der Waals surface area contributed by atoms with Crippen LogP contribution in [0.5, 0.6) is 0 Å². The Kier molecular flexibility index (Phi) is 6.22. The van der Waals surface area contributed by atoms with Crippen molar-refractivity contribution in [1.29, 1.82) is 0 Å². The minimum absolute atomic E-state index is 0.341. The maximum Gasteiger partial charge on any atom is 0.0431 e. The Morgan fingerprint density at radius 3 is 2.13 bits per heavy atom. The SMILES string of the molecule is CC(C)CN1CCN(CCCCO)CC1. The fraction of sp³-hybridized carbons (Fsp3) is 1.00. The summed E-state index contributed by atoms with van der Waals surface area (Å²) in [6.45, 7) is 12.2. The Morgan fingerprint density at radius 1 is 1.00 bits per heavy atom. The van der Waals surface area contributed by atoms with Gasteiger partial charge in [0.2, 0.25) is 0 Å². The molecule has 0 radical (unpaired) electrons. The average molecular weight is 214 g/mol. The second-order valence-corrected chi connectivity index (χ2v) is 4.97. The molecule has 0 spiro atoms. The van der Waals surface area contributed by atoms with Crippen LogP contribution in [0.1, 0.15) is 26.7 Å². The third-order valence-corrected chi connectivity index (χ3v) is 2.97. The first-order chi connectivity index (χ1) is 7.22. The van der Waals surface area contributed by atoms with Crippen molar-refractivity contribution in [3.8, 4) is 0 Å². The Labute approximate surface area is 94.1 Å². The van der Waals surface area contributed by atoms with E-state index in [1.54, 1.807) is 0 Å². The van der Waals surface area contributed by atoms with Gasteiger partial charge in [-0.05, 0) is 25.3 Å². The van der Waals surface area contributed by atoms with Crippen LogP contribution in [-0.4, -0.2) is 60.8 Å². The maximum atomic E-state index is 8.71. The fourth-order valence-electron chi connectivity index (χ4n) is 2.16. The second-order valence-electron chi connectivity index (χ2n) is 4.97. The highest BCUT2D eigenvalue weighted by Crippen LogP contribution is 2.06. The average Bonchev–Trinajstić information content (AvgIpc) is 2.20. The lowest BCUT2D eigenvalue weighted by Crippen LogP contribution is -2.47. The van der Waals surface area contributed by atoms with Crippen molar-refractivity contribution < 1.29 is 5.11 Å². The van der Waals surface area contributed by atoms with Gasteiger partial charge in [-0.25, -0.2) is 0 Å². The number of piperazine rings is 1. The molecule has 0 bridgehead atoms. The number of nitrogens with zero attached hydrogens (tertiary/aromatic N) is 2. The second kappa shape index (κ2) is 7.20. The summed E-state index contributed by atoms with van der Waals surface area (Å²) in [4.78, 5) is 5.08. The maximum absolute atomic E-state index is 8.71. The van der Waals surface area contributed by atoms with Crippen molar-refractivity contribution >= 4 is 0 Å². The number of hydrogen-bond acceptors (Lipinski definition) is 3. The molecule has 0 saturated carbocycles. The molecule has 3 nitrogen and oxygen atoms in total. The summed E-state index contributed by atoms with van der Waals surface area (Å²) in [5, 5.41) is 8.71. The summed E-state index contributed by atoms with van der Waals surface area (Å²) in [6, 6.07) is 0. The van der Waals surface area contributed by atoms with E-state index in [9.17, 15) is 0 Å². The van der Waals surface area contributed by atoms with E-state index in [-0.39, 0.29) is 0 Å². The summed E-state index contributed by atoms with van der Waals surface area (Å²) in [6.07, 6.45) is 2.09. The zero-order valence-electron chi connectivity index (χ0n) is 10.3. The lowest BCUT2D eigenvalue weighted by Gasteiger charge is -2.35. The van der Waals surface area contributed by atoms with E-state index in [1.807, 2.05) is 0 Å². The summed E-state index contributed by atoms with van der Waals surface area (Å²) < 4.78 is 0. The topological polar surface area (TPSA) is 26.7 Å². The highest BCUT2D eigenvalue weighted by atomic mass is 16.2. The van der Waals surface area contributed by atoms with Crippen LogP contribution in [0.15, 0.2) is 0 Å². The quantitative estimate of drug-likeness (QED) is 0.669. The van der Waals surface area contributed by atoms with Gasteiger partial charge < -0.3 is 14.9 Å². The molecule has 0 aromatic rings. The normalized spacial score (nSPS) is 20.0. The molecule has 90 valence electrons. The zero-order chi connectivity index (χ0) is 11.1. The van der Waals surface area contributed by atoms with Crippen LogP contribution >= 0.6 is 0 Å². The third kappa shape index (κ3) is 5.50. The molecule has 3 heteroatoms. The monoisotopic (exact) mass is 214 g/mol. The van der Waals surface area contributed by atoms with E-state index in [0.29, 0.717) is 6.61 Å². The van der Waals surface area contributed by atoms with Crippen LogP contribution < -0.4 is 0 Å². The molecular formula is C12H26N2O. The largest absolute Gasteiger partial charge is 0.396 e. The minimum atomic E-state index is 0.341. The molecule has 0 amide bonds. The van der Waals surface area contributed by atoms with Crippen LogP contribution in [-0.2, 0) is 0 Å². The Balaban J connectivity index is 2.07. The van der Waals surface area contributed by atoms with E-state index in [4.69, 9.17) is 5.11 Å². The van der Waals surface area contributed by atoms with Gasteiger partial charge in [-0.2, -0.15) is 0 Å². The summed E-state index contributed by atoms with van der Waals surface area (Å²) >= 11 is 0. The lowest BCUT2D eigenvalue weighted by molar-refractivity contribution is 0.119. The van der Waals surface area contributed by atoms with Gasteiger partial charge in [0.15, 0.2) is 0 Å². The van der Waals surface area contributed by atoms with Crippen molar-refractivity contribution in [2.45, 2.75) is 26.7 Å². The summed E-state index contributed by atoms with van der Waals surface area (Å²) in [5.41, 5.74) is 0. The Hall–Kier alpha value is -0.120. The molecule has 1 N–H and O–H groups in total. The predicted octanol–water partition coefficient (Wildman–Crippen LogP) is 1.03. The van der Waals surface area contributed by atoms with E-state index in [1.165, 1.54) is 32.7 Å². The number of rotatable bonds is 6. The van der Waals surface area contributed by atoms with Crippen molar-refractivity contribution in [2.24, 2.45) is 5.92 Å². The number of hydrogen-bond donors (Lipinski definition) is 1. The van der Waals surface area contributed by atoms with Crippen LogP contribution in [0.2, 0.25) is 0 Å². The summed E-state index contributed by atoms with van der Waals surface area (Å²) in [5.74, 6) is 0.783. The molecular weight excluding hydrogens is 188 g/mol. The van der Waals surface area contributed by atoms with Crippen LogP contribution in [0.25, 0.3) is 0 Å². The molecule has 1 saturated heterocycles. The van der Waals surface area contributed by atoms with Crippen LogP contribution in [0.4, 0.5) is 0 Å². The highest BCUT2D eigenvalue weighted by molar-refractivity contribution is 4.72. The highest BCUT2D eigenvalue weighted by Gasteiger charge is 2.16. The van der Waals surface area contributed by atoms with Crippen molar-refractivity contribution in [3.05, 3.63) is 0 Å². The van der Waals surface area contributed by atoms with Gasteiger partial charge in [0, 0.05) is 39.3 Å². The summed E-state index contributed by atoms with van der Waals surface area (Å²) in [7, 11) is 0. The molecule has 0 unspecified atom stereocenters. The first kappa shape index (κ1) is 12.9. The number of aliphatic hydroxyl groups excluding tert-OH is 1.